The summed E-state index contributed by atoms with van der Waals surface area (Å²) in [7, 11) is -3.57. The Labute approximate surface area is 108 Å². The number of hydrogen-bond acceptors (Lipinski definition) is 4. The smallest absolute Gasteiger partial charge is 0.243 e. The molecule has 1 rings (SSSR count). The maximum absolute atomic E-state index is 12.1. The Balaban J connectivity index is 2.83. The molecule has 0 unspecified atom stereocenters. The lowest BCUT2D eigenvalue weighted by Crippen LogP contribution is -2.39. The van der Waals surface area contributed by atoms with E-state index >= 15 is 0 Å². The zero-order chi connectivity index (χ0) is 13.8. The van der Waals surface area contributed by atoms with Crippen molar-refractivity contribution >= 4 is 10.0 Å². The van der Waals surface area contributed by atoms with Gasteiger partial charge in [-0.1, -0.05) is 13.8 Å². The number of nitrogens with zero attached hydrogens (tertiary/aromatic N) is 1. The number of hydrogen-bond donors (Lipinski definition) is 3. The number of sulfonamides is 1. The third-order valence-electron chi connectivity index (χ3n) is 3.55. The molecule has 104 valence electrons. The molecule has 0 radical (unpaired) electrons. The topological polar surface area (TPSA) is 95.1 Å². The molecule has 0 spiro atoms. The molecule has 0 aromatic carbocycles. The zero-order valence-electron chi connectivity index (χ0n) is 11.0. The number of aromatic nitrogens is 2. The first-order valence-corrected chi connectivity index (χ1v) is 7.49. The summed E-state index contributed by atoms with van der Waals surface area (Å²) in [6.45, 7) is 5.73. The maximum Gasteiger partial charge on any atom is 0.243 e. The summed E-state index contributed by atoms with van der Waals surface area (Å²) in [5.41, 5.74) is 0.107. The highest BCUT2D eigenvalue weighted by Gasteiger charge is 2.28. The molecule has 1 aromatic heterocycles. The first kappa shape index (κ1) is 15.1. The van der Waals surface area contributed by atoms with Crippen molar-refractivity contribution in [3.05, 3.63) is 11.9 Å². The van der Waals surface area contributed by atoms with Gasteiger partial charge in [-0.15, -0.1) is 0 Å². The molecule has 0 saturated heterocycles. The van der Waals surface area contributed by atoms with E-state index in [1.54, 1.807) is 6.92 Å². The van der Waals surface area contributed by atoms with Crippen molar-refractivity contribution in [2.24, 2.45) is 5.41 Å². The van der Waals surface area contributed by atoms with Gasteiger partial charge in [0, 0.05) is 18.6 Å². The molecule has 3 N–H and O–H groups in total. The van der Waals surface area contributed by atoms with Crippen molar-refractivity contribution < 1.29 is 13.5 Å². The second-order valence-electron chi connectivity index (χ2n) is 4.55. The molecular formula is C11H21N3O3S. The van der Waals surface area contributed by atoms with Crippen LogP contribution in [-0.2, 0) is 10.0 Å². The van der Waals surface area contributed by atoms with Crippen LogP contribution in [0.3, 0.4) is 0 Å². The van der Waals surface area contributed by atoms with Crippen LogP contribution in [0.4, 0.5) is 0 Å². The Kier molecular flexibility index (Phi) is 4.89. The van der Waals surface area contributed by atoms with Crippen LogP contribution in [0.25, 0.3) is 0 Å². The molecule has 0 atom stereocenters. The summed E-state index contributed by atoms with van der Waals surface area (Å²) in [5, 5.41) is 15.7. The fourth-order valence-corrected chi connectivity index (χ4v) is 3.01. The van der Waals surface area contributed by atoms with Crippen molar-refractivity contribution in [3.8, 4) is 0 Å². The van der Waals surface area contributed by atoms with Gasteiger partial charge in [0.2, 0.25) is 10.0 Å². The highest BCUT2D eigenvalue weighted by Crippen LogP contribution is 2.25. The molecular weight excluding hydrogens is 254 g/mol. The van der Waals surface area contributed by atoms with Crippen molar-refractivity contribution in [1.82, 2.24) is 14.9 Å². The predicted octanol–water partition coefficient (Wildman–Crippen LogP) is 0.795. The highest BCUT2D eigenvalue weighted by molar-refractivity contribution is 7.89. The van der Waals surface area contributed by atoms with Crippen LogP contribution in [0, 0.1) is 12.3 Å². The minimum absolute atomic E-state index is 0.0348. The fourth-order valence-electron chi connectivity index (χ4n) is 1.72. The first-order chi connectivity index (χ1) is 8.40. The van der Waals surface area contributed by atoms with E-state index in [4.69, 9.17) is 0 Å². The Morgan fingerprint density at radius 1 is 1.44 bits per heavy atom. The molecule has 1 heterocycles. The van der Waals surface area contributed by atoms with E-state index < -0.39 is 15.4 Å². The lowest BCUT2D eigenvalue weighted by molar-refractivity contribution is 0.119. The van der Waals surface area contributed by atoms with Crippen LogP contribution in [0.1, 0.15) is 32.4 Å². The lowest BCUT2D eigenvalue weighted by Gasteiger charge is -2.29. The Morgan fingerprint density at radius 2 is 2.06 bits per heavy atom. The van der Waals surface area contributed by atoms with E-state index in [2.05, 4.69) is 14.9 Å². The normalized spacial score (nSPS) is 12.9. The van der Waals surface area contributed by atoms with E-state index in [-0.39, 0.29) is 18.0 Å². The van der Waals surface area contributed by atoms with Gasteiger partial charge in [0.05, 0.1) is 11.9 Å². The number of aryl methyl sites for hydroxylation is 1. The summed E-state index contributed by atoms with van der Waals surface area (Å²) in [6, 6.07) is 0. The van der Waals surface area contributed by atoms with E-state index in [0.29, 0.717) is 18.5 Å². The molecule has 0 aliphatic heterocycles. The van der Waals surface area contributed by atoms with E-state index in [9.17, 15) is 13.5 Å². The van der Waals surface area contributed by atoms with Gasteiger partial charge in [0.25, 0.3) is 0 Å². The van der Waals surface area contributed by atoms with Crippen LogP contribution in [0.5, 0.6) is 0 Å². The third-order valence-corrected chi connectivity index (χ3v) is 5.06. The predicted molar refractivity (Wildman–Crippen MR) is 68.6 cm³/mol. The minimum Gasteiger partial charge on any atom is -0.396 e. The van der Waals surface area contributed by atoms with Crippen molar-refractivity contribution in [2.75, 3.05) is 13.2 Å². The summed E-state index contributed by atoms with van der Waals surface area (Å²) < 4.78 is 26.7. The van der Waals surface area contributed by atoms with Crippen LogP contribution >= 0.6 is 0 Å². The van der Waals surface area contributed by atoms with Crippen molar-refractivity contribution in [3.63, 3.8) is 0 Å². The Bertz CT molecular complexity index is 469. The first-order valence-electron chi connectivity index (χ1n) is 6.01. The number of aliphatic hydroxyl groups excluding tert-OH is 1. The standard InChI is InChI=1S/C11H21N3O3S/c1-4-11(5-2,8-15)7-13-18(16,17)10-6-12-14-9(10)3/h6,13,15H,4-5,7-8H2,1-3H3,(H,12,14). The molecule has 7 heteroatoms. The number of H-pyrrole nitrogens is 1. The second kappa shape index (κ2) is 5.81. The molecule has 0 fully saturated rings. The summed E-state index contributed by atoms with van der Waals surface area (Å²) in [6.07, 6.45) is 2.72. The largest absolute Gasteiger partial charge is 0.396 e. The van der Waals surface area contributed by atoms with Gasteiger partial charge in [0.1, 0.15) is 4.90 Å². The van der Waals surface area contributed by atoms with Gasteiger partial charge in [-0.3, -0.25) is 5.10 Å². The van der Waals surface area contributed by atoms with Crippen LogP contribution in [0.15, 0.2) is 11.1 Å². The Morgan fingerprint density at radius 3 is 2.44 bits per heavy atom. The highest BCUT2D eigenvalue weighted by atomic mass is 32.2. The molecule has 0 bridgehead atoms. The van der Waals surface area contributed by atoms with Gasteiger partial charge in [-0.05, 0) is 19.8 Å². The van der Waals surface area contributed by atoms with Crippen LogP contribution in [-0.4, -0.2) is 36.9 Å². The monoisotopic (exact) mass is 275 g/mol. The number of aromatic amines is 1. The number of nitrogens with one attached hydrogen (secondary N) is 2. The molecule has 6 nitrogen and oxygen atoms in total. The summed E-state index contributed by atoms with van der Waals surface area (Å²) in [4.78, 5) is 0.154. The molecule has 18 heavy (non-hydrogen) atoms. The number of rotatable bonds is 7. The summed E-state index contributed by atoms with van der Waals surface area (Å²) in [5.74, 6) is 0. The van der Waals surface area contributed by atoms with Crippen molar-refractivity contribution in [2.45, 2.75) is 38.5 Å². The molecule has 1 aromatic rings. The van der Waals surface area contributed by atoms with Crippen LogP contribution < -0.4 is 4.72 Å². The average molecular weight is 275 g/mol. The Hall–Kier alpha value is -0.920. The van der Waals surface area contributed by atoms with Gasteiger partial charge in [-0.2, -0.15) is 5.10 Å². The SMILES string of the molecule is CCC(CC)(CO)CNS(=O)(=O)c1cn[nH]c1C. The fraction of sp³-hybridized carbons (Fsp3) is 0.727. The van der Waals surface area contributed by atoms with Gasteiger partial charge in [-0.25, -0.2) is 13.1 Å². The second-order valence-corrected chi connectivity index (χ2v) is 6.28. The third kappa shape index (κ3) is 3.09. The van der Waals surface area contributed by atoms with Crippen molar-refractivity contribution in [1.29, 1.82) is 0 Å². The molecule has 0 amide bonds. The average Bonchev–Trinajstić information content (AvgIpc) is 2.79. The van der Waals surface area contributed by atoms with Gasteiger partial charge in [0.15, 0.2) is 0 Å². The molecule has 0 aliphatic carbocycles. The number of aliphatic hydroxyl groups is 1. The van der Waals surface area contributed by atoms with Gasteiger partial charge < -0.3 is 5.11 Å². The van der Waals surface area contributed by atoms with E-state index in [1.165, 1.54) is 6.20 Å². The van der Waals surface area contributed by atoms with E-state index in [0.717, 1.165) is 0 Å². The van der Waals surface area contributed by atoms with Gasteiger partial charge >= 0.3 is 0 Å². The maximum atomic E-state index is 12.1. The van der Waals surface area contributed by atoms with E-state index in [1.807, 2.05) is 13.8 Å². The summed E-state index contributed by atoms with van der Waals surface area (Å²) >= 11 is 0. The zero-order valence-corrected chi connectivity index (χ0v) is 11.8. The van der Waals surface area contributed by atoms with Crippen LogP contribution in [0.2, 0.25) is 0 Å². The minimum atomic E-state index is -3.57. The molecule has 0 aliphatic rings. The quantitative estimate of drug-likeness (QED) is 0.685. The molecule has 0 saturated carbocycles. The lowest BCUT2D eigenvalue weighted by atomic mass is 9.84.